The molecule has 1 atom stereocenters. The summed E-state index contributed by atoms with van der Waals surface area (Å²) in [4.78, 5) is 0. The molecular formula is C37H38BP. The van der Waals surface area contributed by atoms with Gasteiger partial charge in [0.1, 0.15) is 6.15 Å². The third-order valence-corrected chi connectivity index (χ3v) is 9.15. The van der Waals surface area contributed by atoms with Crippen molar-refractivity contribution in [2.75, 3.05) is 0 Å². The van der Waals surface area contributed by atoms with E-state index in [-0.39, 0.29) is 0 Å². The molecule has 5 aromatic carbocycles. The van der Waals surface area contributed by atoms with Crippen molar-refractivity contribution in [3.8, 4) is 0 Å². The third-order valence-electron chi connectivity index (χ3n) is 7.36. The summed E-state index contributed by atoms with van der Waals surface area (Å²) < 4.78 is 0. The number of hydrogen-bond acceptors (Lipinski definition) is 0. The zero-order valence-electron chi connectivity index (χ0n) is 22.6. The van der Waals surface area contributed by atoms with Gasteiger partial charge in [-0.25, -0.2) is 0 Å². The molecule has 0 aliphatic carbocycles. The minimum Gasteiger partial charge on any atom is -0.195 e. The van der Waals surface area contributed by atoms with Crippen LogP contribution in [0.25, 0.3) is 0 Å². The molecular weight excluding hydrogens is 486 g/mol. The molecule has 0 saturated carbocycles. The van der Waals surface area contributed by atoms with E-state index in [1.165, 1.54) is 27.2 Å². The molecule has 2 heteroatoms. The first-order chi connectivity index (χ1) is 19.3. The average molecular weight is 524 g/mol. The van der Waals surface area contributed by atoms with E-state index in [4.69, 9.17) is 0 Å². The normalized spacial score (nSPS) is 11.1. The predicted molar refractivity (Wildman–Crippen MR) is 179 cm³/mol. The Balaban J connectivity index is 0.000000215. The van der Waals surface area contributed by atoms with Crippen molar-refractivity contribution in [2.45, 2.75) is 18.5 Å². The van der Waals surface area contributed by atoms with Gasteiger partial charge in [0.15, 0.2) is 0 Å². The fraction of sp³-hybridized carbons (Fsp3) is 0.0811. The lowest BCUT2D eigenvalue weighted by Crippen LogP contribution is -2.74. The Morgan fingerprint density at radius 3 is 1.03 bits per heavy atom. The van der Waals surface area contributed by atoms with Gasteiger partial charge in [-0.2, -0.15) is 21.9 Å². The Morgan fingerprint density at radius 2 is 0.744 bits per heavy atom. The van der Waals surface area contributed by atoms with Crippen molar-refractivity contribution in [1.29, 1.82) is 0 Å². The second kappa shape index (κ2) is 14.9. The Morgan fingerprint density at radius 1 is 0.462 bits per heavy atom. The van der Waals surface area contributed by atoms with E-state index in [2.05, 4.69) is 165 Å². The van der Waals surface area contributed by atoms with Gasteiger partial charge in [0, 0.05) is 21.4 Å². The number of benzene rings is 5. The van der Waals surface area contributed by atoms with Crippen LogP contribution in [0.1, 0.15) is 12.8 Å². The zero-order chi connectivity index (χ0) is 27.2. The van der Waals surface area contributed by atoms with Crippen LogP contribution < -0.4 is 27.2 Å². The summed E-state index contributed by atoms with van der Waals surface area (Å²) in [5, 5.41) is 1.49. The van der Waals surface area contributed by atoms with Crippen LogP contribution in [0.15, 0.2) is 177 Å². The van der Waals surface area contributed by atoms with E-state index in [1.807, 2.05) is 12.2 Å². The molecule has 0 aliphatic heterocycles. The maximum Gasteiger partial charge on any atom is 0.108 e. The first kappa shape index (κ1) is 28.1. The highest BCUT2D eigenvalue weighted by molar-refractivity contribution is 7.48. The van der Waals surface area contributed by atoms with E-state index in [1.54, 1.807) is 0 Å². The van der Waals surface area contributed by atoms with Crippen LogP contribution in [0.4, 0.5) is 0 Å². The average Bonchev–Trinajstić information content (AvgIpc) is 3.01. The van der Waals surface area contributed by atoms with Crippen LogP contribution in [-0.2, 0) is 0 Å². The van der Waals surface area contributed by atoms with E-state index >= 15 is 0 Å². The Bertz CT molecular complexity index is 1210. The van der Waals surface area contributed by atoms with Crippen LogP contribution in [0.5, 0.6) is 0 Å². The molecule has 0 amide bonds. The quantitative estimate of drug-likeness (QED) is 0.114. The van der Waals surface area contributed by atoms with E-state index in [0.717, 1.165) is 18.5 Å². The van der Waals surface area contributed by atoms with Gasteiger partial charge in [0.2, 0.25) is 0 Å². The molecule has 0 bridgehead atoms. The fourth-order valence-electron chi connectivity index (χ4n) is 5.62. The molecule has 0 spiro atoms. The van der Waals surface area contributed by atoms with Crippen molar-refractivity contribution in [1.82, 2.24) is 0 Å². The van der Waals surface area contributed by atoms with Gasteiger partial charge in [0.25, 0.3) is 0 Å². The van der Waals surface area contributed by atoms with Crippen molar-refractivity contribution in [3.63, 3.8) is 0 Å². The molecule has 5 rings (SSSR count). The molecule has 0 saturated heterocycles. The van der Waals surface area contributed by atoms with Crippen LogP contribution in [0.3, 0.4) is 0 Å². The summed E-state index contributed by atoms with van der Waals surface area (Å²) in [6.45, 7) is 7.61. The summed E-state index contributed by atoms with van der Waals surface area (Å²) in [5.74, 6) is 0. The lowest BCUT2D eigenvalue weighted by molar-refractivity contribution is 0.891. The smallest absolute Gasteiger partial charge is 0.108 e. The van der Waals surface area contributed by atoms with Gasteiger partial charge in [0.05, 0.1) is 11.0 Å². The highest BCUT2D eigenvalue weighted by atomic mass is 31.1. The standard InChI is InChI=1S/C24H20B.C13H17P/c1-5-13-21(14-6-1)25(22-15-7-2-8-16-22,23-17-9-3-10-18-23)24-19-11-4-12-20-24;1-3-8-12(9-4-2)14-13-10-6-5-7-11-13/h1-20H;3-7,10-12,14H,1-2,8-9H2/q-1;/p+1. The minimum absolute atomic E-state index is 0.352. The SMILES string of the molecule is C=CCC(CC=C)[PH2+]c1ccccc1.c1ccc([B-](c2ccccc2)(c2ccccc2)c2ccccc2)cc1. The lowest BCUT2D eigenvalue weighted by atomic mass is 9.13. The Hall–Kier alpha value is -3.93. The summed E-state index contributed by atoms with van der Waals surface area (Å²) >= 11 is 0. The van der Waals surface area contributed by atoms with Gasteiger partial charge in [-0.15, -0.1) is 13.2 Å². The summed E-state index contributed by atoms with van der Waals surface area (Å²) in [6, 6.07) is 54.3. The van der Waals surface area contributed by atoms with Crippen molar-refractivity contribution in [3.05, 3.63) is 177 Å². The second-order valence-corrected chi connectivity index (χ2v) is 11.8. The minimum atomic E-state index is -1.22. The topological polar surface area (TPSA) is 0 Å². The molecule has 0 N–H and O–H groups in total. The molecule has 0 fully saturated rings. The highest BCUT2D eigenvalue weighted by Gasteiger charge is 2.31. The predicted octanol–water partition coefficient (Wildman–Crippen LogP) is 6.31. The van der Waals surface area contributed by atoms with Gasteiger partial charge >= 0.3 is 0 Å². The van der Waals surface area contributed by atoms with Crippen LogP contribution in [-0.4, -0.2) is 11.8 Å². The molecule has 39 heavy (non-hydrogen) atoms. The molecule has 194 valence electrons. The van der Waals surface area contributed by atoms with Crippen molar-refractivity contribution >= 4 is 41.9 Å². The third kappa shape index (κ3) is 7.14. The monoisotopic (exact) mass is 524 g/mol. The van der Waals surface area contributed by atoms with Gasteiger partial charge < -0.3 is 0 Å². The Labute approximate surface area is 236 Å². The maximum absolute atomic E-state index is 3.80. The van der Waals surface area contributed by atoms with Crippen LogP contribution in [0.2, 0.25) is 0 Å². The zero-order valence-corrected chi connectivity index (χ0v) is 23.8. The van der Waals surface area contributed by atoms with Gasteiger partial charge in [-0.1, -0.05) is 152 Å². The van der Waals surface area contributed by atoms with Gasteiger partial charge in [-0.3, -0.25) is 0 Å². The van der Waals surface area contributed by atoms with E-state index in [0.29, 0.717) is 8.58 Å². The van der Waals surface area contributed by atoms with Crippen LogP contribution >= 0.6 is 8.58 Å². The Kier molecular flexibility index (Phi) is 10.7. The van der Waals surface area contributed by atoms with E-state index in [9.17, 15) is 0 Å². The number of hydrogen-bond donors (Lipinski definition) is 0. The van der Waals surface area contributed by atoms with Gasteiger partial charge in [-0.05, 0) is 12.1 Å². The molecule has 0 radical (unpaired) electrons. The molecule has 0 heterocycles. The summed E-state index contributed by atoms with van der Waals surface area (Å²) in [5.41, 5.74) is 6.10. The maximum atomic E-state index is 3.80. The van der Waals surface area contributed by atoms with Crippen molar-refractivity contribution in [2.24, 2.45) is 0 Å². The number of allylic oxidation sites excluding steroid dienone is 2. The first-order valence-corrected chi connectivity index (χ1v) is 15.0. The largest absolute Gasteiger partial charge is 0.195 e. The summed E-state index contributed by atoms with van der Waals surface area (Å²) in [7, 11) is 0.352. The van der Waals surface area contributed by atoms with Crippen LogP contribution in [0, 0.1) is 0 Å². The lowest BCUT2D eigenvalue weighted by Gasteiger charge is -2.44. The molecule has 0 aromatic heterocycles. The molecule has 1 unspecified atom stereocenters. The molecule has 0 nitrogen and oxygen atoms in total. The second-order valence-electron chi connectivity index (χ2n) is 9.89. The highest BCUT2D eigenvalue weighted by Crippen LogP contribution is 2.25. The van der Waals surface area contributed by atoms with E-state index < -0.39 is 6.15 Å². The van der Waals surface area contributed by atoms with Crippen molar-refractivity contribution < 1.29 is 0 Å². The summed E-state index contributed by atoms with van der Waals surface area (Å²) in [6.07, 6.45) is 5.04. The number of rotatable bonds is 10. The molecule has 0 aliphatic rings. The molecule has 5 aromatic rings. The first-order valence-electron chi connectivity index (χ1n) is 13.8. The fourth-order valence-corrected chi connectivity index (χ4v) is 7.26.